The van der Waals surface area contributed by atoms with Crippen LogP contribution in [0.5, 0.6) is 0 Å². The number of nitrogens with zero attached hydrogens (tertiary/aromatic N) is 1. The third-order valence-corrected chi connectivity index (χ3v) is 2.14. The van der Waals surface area contributed by atoms with Crippen molar-refractivity contribution >= 4 is 22.8 Å². The number of thioether (sulfide) groups is 1. The second kappa shape index (κ2) is 7.72. The molecule has 0 aliphatic heterocycles. The fourth-order valence-corrected chi connectivity index (χ4v) is 1.09. The average molecular weight is 204 g/mol. The summed E-state index contributed by atoms with van der Waals surface area (Å²) < 4.78 is 0. The van der Waals surface area contributed by atoms with Crippen LogP contribution in [0.2, 0.25) is 0 Å². The van der Waals surface area contributed by atoms with E-state index in [1.807, 2.05) is 0 Å². The number of carbonyl (C=O) groups excluding carboxylic acids is 1. The van der Waals surface area contributed by atoms with Gasteiger partial charge >= 0.3 is 0 Å². The molecule has 0 saturated heterocycles. The number of hydrogen-bond donors (Lipinski definition) is 3. The Hall–Kier alpha value is -0.910. The van der Waals surface area contributed by atoms with E-state index >= 15 is 0 Å². The van der Waals surface area contributed by atoms with E-state index < -0.39 is 0 Å². The highest BCUT2D eigenvalue weighted by Crippen LogP contribution is 1.97. The molecule has 0 rings (SSSR count). The summed E-state index contributed by atoms with van der Waals surface area (Å²) in [6.07, 6.45) is 2.07. The maximum absolute atomic E-state index is 11.1. The Morgan fingerprint density at radius 1 is 1.62 bits per heavy atom. The summed E-state index contributed by atoms with van der Waals surface area (Å²) in [5.41, 5.74) is 5.28. The molecule has 13 heavy (non-hydrogen) atoms. The first kappa shape index (κ1) is 12.1. The van der Waals surface area contributed by atoms with Crippen LogP contribution >= 0.6 is 11.8 Å². The molecule has 0 unspecified atom stereocenters. The van der Waals surface area contributed by atoms with Crippen molar-refractivity contribution in [2.24, 2.45) is 16.7 Å². The van der Waals surface area contributed by atoms with E-state index in [-0.39, 0.29) is 16.8 Å². The van der Waals surface area contributed by atoms with Crippen LogP contribution in [0, 0.1) is 0 Å². The molecule has 0 spiro atoms. The predicted molar refractivity (Wildman–Crippen MR) is 56.2 cm³/mol. The first-order chi connectivity index (χ1) is 6.20. The maximum atomic E-state index is 11.1. The minimum atomic E-state index is -0.0370. The Morgan fingerprint density at radius 2 is 2.31 bits per heavy atom. The molecule has 0 aliphatic carbocycles. The molecular formula is C7H16N4OS. The van der Waals surface area contributed by atoms with Gasteiger partial charge in [-0.2, -0.15) is 5.10 Å². The van der Waals surface area contributed by atoms with Crippen molar-refractivity contribution in [2.75, 3.05) is 12.3 Å². The third kappa shape index (κ3) is 7.45. The normalized spacial score (nSPS) is 11.3. The van der Waals surface area contributed by atoms with Gasteiger partial charge in [-0.3, -0.25) is 4.79 Å². The molecule has 0 aromatic heterocycles. The largest absolute Gasteiger partial charge is 0.377 e. The molecule has 0 aromatic carbocycles. The van der Waals surface area contributed by atoms with E-state index in [4.69, 9.17) is 11.6 Å². The topological polar surface area (TPSA) is 93.5 Å². The molecule has 0 aromatic rings. The lowest BCUT2D eigenvalue weighted by molar-refractivity contribution is -0.118. The number of carbonyl (C=O) groups is 1. The van der Waals surface area contributed by atoms with Crippen LogP contribution in [0.1, 0.15) is 19.8 Å². The van der Waals surface area contributed by atoms with Gasteiger partial charge in [0, 0.05) is 6.54 Å². The van der Waals surface area contributed by atoms with Gasteiger partial charge in [0.05, 0.1) is 5.75 Å². The van der Waals surface area contributed by atoms with Gasteiger partial charge in [0.2, 0.25) is 5.91 Å². The van der Waals surface area contributed by atoms with Gasteiger partial charge in [-0.05, 0) is 6.42 Å². The second-order valence-electron chi connectivity index (χ2n) is 2.46. The lowest BCUT2D eigenvalue weighted by atomic mass is 10.3. The first-order valence-electron chi connectivity index (χ1n) is 4.13. The summed E-state index contributed by atoms with van der Waals surface area (Å²) in [5.74, 6) is 5.13. The summed E-state index contributed by atoms with van der Waals surface area (Å²) in [6, 6.07) is 0. The van der Waals surface area contributed by atoms with Gasteiger partial charge in [0.1, 0.15) is 0 Å². The van der Waals surface area contributed by atoms with E-state index in [1.165, 1.54) is 0 Å². The minimum Gasteiger partial charge on any atom is -0.377 e. The summed E-state index contributed by atoms with van der Waals surface area (Å²) in [7, 11) is 0. The zero-order valence-electron chi connectivity index (χ0n) is 7.75. The van der Waals surface area contributed by atoms with Crippen LogP contribution in [-0.2, 0) is 4.79 Å². The fourth-order valence-electron chi connectivity index (χ4n) is 0.632. The average Bonchev–Trinajstić information content (AvgIpc) is 2.14. The molecule has 0 fully saturated rings. The van der Waals surface area contributed by atoms with E-state index in [0.717, 1.165) is 31.1 Å². The number of nitrogens with one attached hydrogen (secondary N) is 1. The second-order valence-corrected chi connectivity index (χ2v) is 3.46. The van der Waals surface area contributed by atoms with Crippen molar-refractivity contribution in [1.82, 2.24) is 5.32 Å². The zero-order chi connectivity index (χ0) is 10.1. The smallest absolute Gasteiger partial charge is 0.230 e. The molecule has 0 bridgehead atoms. The summed E-state index contributed by atoms with van der Waals surface area (Å²) >= 11 is 1.13. The van der Waals surface area contributed by atoms with Crippen molar-refractivity contribution in [1.29, 1.82) is 0 Å². The van der Waals surface area contributed by atoms with E-state index in [1.54, 1.807) is 0 Å². The Labute approximate surface area is 82.3 Å². The monoisotopic (exact) mass is 204 g/mol. The van der Waals surface area contributed by atoms with Crippen LogP contribution in [0.4, 0.5) is 0 Å². The molecule has 0 saturated carbocycles. The highest BCUT2D eigenvalue weighted by molar-refractivity contribution is 8.14. The van der Waals surface area contributed by atoms with Crippen molar-refractivity contribution < 1.29 is 4.79 Å². The van der Waals surface area contributed by atoms with Crippen LogP contribution in [0.25, 0.3) is 0 Å². The Balaban J connectivity index is 3.41. The van der Waals surface area contributed by atoms with Crippen molar-refractivity contribution in [3.63, 3.8) is 0 Å². The molecule has 1 amide bonds. The van der Waals surface area contributed by atoms with Gasteiger partial charge in [0.25, 0.3) is 0 Å². The number of unbranched alkanes of at least 4 members (excludes halogenated alkanes) is 1. The summed E-state index contributed by atoms with van der Waals surface area (Å²) in [5, 5.41) is 6.21. The van der Waals surface area contributed by atoms with Crippen molar-refractivity contribution in [2.45, 2.75) is 19.8 Å². The third-order valence-electron chi connectivity index (χ3n) is 1.33. The SMILES string of the molecule is CCCCNC(=O)CSC(N)=NN. The molecule has 0 radical (unpaired) electrons. The Morgan fingerprint density at radius 3 is 2.85 bits per heavy atom. The van der Waals surface area contributed by atoms with E-state index in [9.17, 15) is 4.79 Å². The van der Waals surface area contributed by atoms with Crippen LogP contribution < -0.4 is 16.9 Å². The molecular weight excluding hydrogens is 188 g/mol. The fraction of sp³-hybridized carbons (Fsp3) is 0.714. The highest BCUT2D eigenvalue weighted by Gasteiger charge is 2.01. The van der Waals surface area contributed by atoms with Gasteiger partial charge in [-0.1, -0.05) is 25.1 Å². The number of amides is 1. The van der Waals surface area contributed by atoms with Gasteiger partial charge in [-0.25, -0.2) is 0 Å². The lowest BCUT2D eigenvalue weighted by Crippen LogP contribution is -2.27. The molecule has 5 N–H and O–H groups in total. The van der Waals surface area contributed by atoms with Gasteiger partial charge in [0.15, 0.2) is 5.17 Å². The molecule has 0 aliphatic rings. The molecule has 6 heteroatoms. The zero-order valence-corrected chi connectivity index (χ0v) is 8.56. The molecule has 5 nitrogen and oxygen atoms in total. The van der Waals surface area contributed by atoms with E-state index in [0.29, 0.717) is 0 Å². The Bertz CT molecular complexity index is 183. The van der Waals surface area contributed by atoms with Crippen molar-refractivity contribution in [3.8, 4) is 0 Å². The number of nitrogens with two attached hydrogens (primary N) is 2. The number of amidine groups is 1. The molecule has 76 valence electrons. The summed E-state index contributed by atoms with van der Waals surface area (Å²) in [6.45, 7) is 2.79. The highest BCUT2D eigenvalue weighted by atomic mass is 32.2. The molecule has 0 atom stereocenters. The number of hydrogen-bond acceptors (Lipinski definition) is 4. The van der Waals surface area contributed by atoms with Crippen LogP contribution in [0.3, 0.4) is 0 Å². The lowest BCUT2D eigenvalue weighted by Gasteiger charge is -2.02. The van der Waals surface area contributed by atoms with E-state index in [2.05, 4.69) is 17.3 Å². The minimum absolute atomic E-state index is 0.0370. The van der Waals surface area contributed by atoms with Crippen molar-refractivity contribution in [3.05, 3.63) is 0 Å². The quantitative estimate of drug-likeness (QED) is 0.190. The molecule has 0 heterocycles. The standard InChI is InChI=1S/C7H16N4OS/c1-2-3-4-10-6(12)5-13-7(8)11-9/h2-5,9H2,1H3,(H2,8,11)(H,10,12). The number of hydrazone groups is 1. The van der Waals surface area contributed by atoms with Crippen LogP contribution in [-0.4, -0.2) is 23.4 Å². The van der Waals surface area contributed by atoms with Crippen LogP contribution in [0.15, 0.2) is 5.10 Å². The first-order valence-corrected chi connectivity index (χ1v) is 5.12. The summed E-state index contributed by atoms with van der Waals surface area (Å²) in [4.78, 5) is 11.1. The van der Waals surface area contributed by atoms with Gasteiger partial charge in [-0.15, -0.1) is 0 Å². The maximum Gasteiger partial charge on any atom is 0.230 e. The van der Waals surface area contributed by atoms with Gasteiger partial charge < -0.3 is 16.9 Å². The number of rotatable bonds is 5. The Kier molecular flexibility index (Phi) is 7.18. The predicted octanol–water partition coefficient (Wildman–Crippen LogP) is -0.176.